The van der Waals surface area contributed by atoms with Crippen molar-refractivity contribution in [2.45, 2.75) is 25.6 Å². The van der Waals surface area contributed by atoms with Crippen LogP contribution in [0.4, 0.5) is 42.1 Å². The van der Waals surface area contributed by atoms with Crippen molar-refractivity contribution in [3.05, 3.63) is 59.9 Å². The summed E-state index contributed by atoms with van der Waals surface area (Å²) < 4.78 is 65.7. The predicted octanol–water partition coefficient (Wildman–Crippen LogP) is 3.99. The fourth-order valence-electron chi connectivity index (χ4n) is 3.33. The van der Waals surface area contributed by atoms with Crippen LogP contribution in [0, 0.1) is 5.92 Å². The van der Waals surface area contributed by atoms with E-state index in [2.05, 4.69) is 30.9 Å². The van der Waals surface area contributed by atoms with E-state index < -0.39 is 27.6 Å². The molecule has 2 heterocycles. The van der Waals surface area contributed by atoms with Gasteiger partial charge in [-0.05, 0) is 43.2 Å². The van der Waals surface area contributed by atoms with Gasteiger partial charge in [0.2, 0.25) is 21.9 Å². The maximum atomic E-state index is 13.6. The molecule has 0 saturated heterocycles. The molecule has 1 amide bonds. The van der Waals surface area contributed by atoms with Crippen molar-refractivity contribution in [1.29, 1.82) is 0 Å². The highest BCUT2D eigenvalue weighted by Gasteiger charge is 2.35. The zero-order valence-corrected chi connectivity index (χ0v) is 20.7. The minimum absolute atomic E-state index is 0.0398. The molecule has 0 bridgehead atoms. The monoisotopic (exact) mass is 535 g/mol. The molecule has 3 N–H and O–H groups in total. The second kappa shape index (κ2) is 10.2. The quantitative estimate of drug-likeness (QED) is 0.375. The SMILES string of the molecule is CN(c1ncccc1CNc1nc(Nc2ccc(NC(=O)C3CC3)cc2)ncc1C(F)(F)F)S(C)(=O)=O. The Bertz CT molecular complexity index is 1400. The van der Waals surface area contributed by atoms with Gasteiger partial charge in [0, 0.05) is 48.8 Å². The van der Waals surface area contributed by atoms with Crippen molar-refractivity contribution in [3.8, 4) is 0 Å². The molecule has 10 nitrogen and oxygen atoms in total. The summed E-state index contributed by atoms with van der Waals surface area (Å²) in [5, 5.41) is 8.28. The number of sulfonamides is 1. The Morgan fingerprint density at radius 1 is 1.11 bits per heavy atom. The molecule has 4 rings (SSSR count). The third-order valence-electron chi connectivity index (χ3n) is 5.56. The second-order valence-electron chi connectivity index (χ2n) is 8.49. The van der Waals surface area contributed by atoms with Gasteiger partial charge in [-0.25, -0.2) is 18.4 Å². The fraction of sp³-hybridized carbons (Fsp3) is 0.304. The zero-order valence-electron chi connectivity index (χ0n) is 19.9. The molecule has 1 aromatic carbocycles. The number of rotatable bonds is 9. The summed E-state index contributed by atoms with van der Waals surface area (Å²) in [6, 6.07) is 9.69. The molecule has 0 atom stereocenters. The number of halogens is 3. The van der Waals surface area contributed by atoms with Gasteiger partial charge in [-0.3, -0.25) is 9.10 Å². The first-order valence-electron chi connectivity index (χ1n) is 11.2. The number of carbonyl (C=O) groups excluding carboxylic acids is 1. The number of hydrogen-bond acceptors (Lipinski definition) is 8. The molecule has 0 unspecified atom stereocenters. The molecule has 1 aliphatic rings. The fourth-order valence-corrected chi connectivity index (χ4v) is 3.81. The van der Waals surface area contributed by atoms with Crippen molar-refractivity contribution in [3.63, 3.8) is 0 Å². The Morgan fingerprint density at radius 2 is 1.78 bits per heavy atom. The number of hydrogen-bond donors (Lipinski definition) is 3. The first-order chi connectivity index (χ1) is 17.4. The largest absolute Gasteiger partial charge is 0.421 e. The van der Waals surface area contributed by atoms with Gasteiger partial charge in [0.05, 0.1) is 6.26 Å². The van der Waals surface area contributed by atoms with E-state index in [0.717, 1.165) is 23.4 Å². The number of anilines is 5. The molecular formula is C23H24F3N7O3S. The summed E-state index contributed by atoms with van der Waals surface area (Å²) in [5.74, 6) is -0.492. The van der Waals surface area contributed by atoms with E-state index >= 15 is 0 Å². The number of pyridine rings is 1. The second-order valence-corrected chi connectivity index (χ2v) is 10.5. The highest BCUT2D eigenvalue weighted by molar-refractivity contribution is 7.92. The number of amides is 1. The van der Waals surface area contributed by atoms with E-state index in [1.54, 1.807) is 36.4 Å². The predicted molar refractivity (Wildman–Crippen MR) is 133 cm³/mol. The van der Waals surface area contributed by atoms with Crippen molar-refractivity contribution in [2.24, 2.45) is 5.92 Å². The lowest BCUT2D eigenvalue weighted by Crippen LogP contribution is -2.27. The lowest BCUT2D eigenvalue weighted by Gasteiger charge is -2.20. The molecule has 14 heteroatoms. The van der Waals surface area contributed by atoms with Gasteiger partial charge in [0.15, 0.2) is 0 Å². The average molecular weight is 536 g/mol. The number of carbonyl (C=O) groups is 1. The van der Waals surface area contributed by atoms with E-state index in [1.807, 2.05) is 0 Å². The molecule has 0 spiro atoms. The summed E-state index contributed by atoms with van der Waals surface area (Å²) in [5.41, 5.74) is 0.363. The van der Waals surface area contributed by atoms with Crippen LogP contribution in [0.1, 0.15) is 24.0 Å². The van der Waals surface area contributed by atoms with Crippen LogP contribution >= 0.6 is 0 Å². The Hall–Kier alpha value is -3.94. The number of benzene rings is 1. The molecule has 3 aromatic rings. The molecule has 1 saturated carbocycles. The Kier molecular flexibility index (Phi) is 7.21. The number of nitrogens with zero attached hydrogens (tertiary/aromatic N) is 4. The molecular weight excluding hydrogens is 511 g/mol. The smallest absolute Gasteiger partial charge is 0.365 e. The highest BCUT2D eigenvalue weighted by atomic mass is 32.2. The third kappa shape index (κ3) is 6.64. The van der Waals surface area contributed by atoms with E-state index in [0.29, 0.717) is 23.1 Å². The molecule has 1 fully saturated rings. The Balaban J connectivity index is 1.53. The molecule has 196 valence electrons. The first kappa shape index (κ1) is 26.1. The van der Waals surface area contributed by atoms with E-state index in [1.165, 1.54) is 13.2 Å². The minimum atomic E-state index is -4.73. The van der Waals surface area contributed by atoms with Gasteiger partial charge in [-0.1, -0.05) is 6.07 Å². The van der Waals surface area contributed by atoms with Crippen LogP contribution in [0.5, 0.6) is 0 Å². The molecule has 2 aromatic heterocycles. The lowest BCUT2D eigenvalue weighted by molar-refractivity contribution is -0.137. The van der Waals surface area contributed by atoms with Crippen LogP contribution in [0.15, 0.2) is 48.8 Å². The molecule has 37 heavy (non-hydrogen) atoms. The van der Waals surface area contributed by atoms with E-state index in [-0.39, 0.29) is 30.1 Å². The van der Waals surface area contributed by atoms with Gasteiger partial charge < -0.3 is 16.0 Å². The van der Waals surface area contributed by atoms with Crippen LogP contribution < -0.4 is 20.3 Å². The zero-order chi connectivity index (χ0) is 26.8. The van der Waals surface area contributed by atoms with E-state index in [9.17, 15) is 26.4 Å². The van der Waals surface area contributed by atoms with Crippen molar-refractivity contribution in [1.82, 2.24) is 15.0 Å². The summed E-state index contributed by atoms with van der Waals surface area (Å²) in [4.78, 5) is 23.7. The summed E-state index contributed by atoms with van der Waals surface area (Å²) >= 11 is 0. The highest BCUT2D eigenvalue weighted by Crippen LogP contribution is 2.35. The first-order valence-corrected chi connectivity index (χ1v) is 13.0. The van der Waals surface area contributed by atoms with E-state index in [4.69, 9.17) is 0 Å². The van der Waals surface area contributed by atoms with Crippen molar-refractivity contribution in [2.75, 3.05) is 33.6 Å². The standard InChI is InChI=1S/C23H24F3N7O3S/c1-33(37(2,35)36)20-15(4-3-11-27-20)12-28-19-18(23(24,25)26)13-29-22(32-19)31-17-9-7-16(8-10-17)30-21(34)14-5-6-14/h3-4,7-11,13-14H,5-6,12H2,1-2H3,(H,30,34)(H2,28,29,31,32). The van der Waals surface area contributed by atoms with Gasteiger partial charge >= 0.3 is 6.18 Å². The summed E-state index contributed by atoms with van der Waals surface area (Å²) in [7, 11) is -2.34. The van der Waals surface area contributed by atoms with Gasteiger partial charge in [0.25, 0.3) is 0 Å². The maximum absolute atomic E-state index is 13.6. The molecule has 0 aliphatic heterocycles. The van der Waals surface area contributed by atoms with Crippen LogP contribution in [0.25, 0.3) is 0 Å². The Labute approximate surface area is 211 Å². The molecule has 1 aliphatic carbocycles. The minimum Gasteiger partial charge on any atom is -0.365 e. The van der Waals surface area contributed by atoms with Gasteiger partial charge in [-0.15, -0.1) is 0 Å². The van der Waals surface area contributed by atoms with Crippen LogP contribution in [-0.2, 0) is 27.5 Å². The summed E-state index contributed by atoms with van der Waals surface area (Å²) in [6.07, 6.45) is 0.0685. The number of aromatic nitrogens is 3. The lowest BCUT2D eigenvalue weighted by atomic mass is 10.2. The summed E-state index contributed by atoms with van der Waals surface area (Å²) in [6.45, 7) is -0.183. The van der Waals surface area contributed by atoms with Crippen molar-refractivity contribution < 1.29 is 26.4 Å². The van der Waals surface area contributed by atoms with Crippen LogP contribution in [0.2, 0.25) is 0 Å². The van der Waals surface area contributed by atoms with Crippen LogP contribution in [-0.4, -0.2) is 42.6 Å². The number of nitrogens with one attached hydrogen (secondary N) is 3. The topological polar surface area (TPSA) is 129 Å². The van der Waals surface area contributed by atoms with Gasteiger partial charge in [-0.2, -0.15) is 18.2 Å². The maximum Gasteiger partial charge on any atom is 0.421 e. The van der Waals surface area contributed by atoms with Gasteiger partial charge in [0.1, 0.15) is 17.2 Å². The average Bonchev–Trinajstić information content (AvgIpc) is 3.68. The molecule has 0 radical (unpaired) electrons. The Morgan fingerprint density at radius 3 is 2.41 bits per heavy atom. The normalized spacial score (nSPS) is 13.6. The number of alkyl halides is 3. The van der Waals surface area contributed by atoms with Crippen molar-refractivity contribution >= 4 is 44.9 Å². The van der Waals surface area contributed by atoms with Crippen LogP contribution in [0.3, 0.4) is 0 Å². The third-order valence-corrected chi connectivity index (χ3v) is 6.73.